The van der Waals surface area contributed by atoms with Crippen molar-refractivity contribution in [3.8, 4) is 0 Å². The van der Waals surface area contributed by atoms with Gasteiger partial charge in [0.1, 0.15) is 6.04 Å². The normalized spacial score (nSPS) is 11.7. The highest BCUT2D eigenvalue weighted by Gasteiger charge is 2.24. The van der Waals surface area contributed by atoms with Crippen molar-refractivity contribution in [2.75, 3.05) is 23.9 Å². The van der Waals surface area contributed by atoms with Gasteiger partial charge in [0.25, 0.3) is 0 Å². The third-order valence-electron chi connectivity index (χ3n) is 3.21. The summed E-state index contributed by atoms with van der Waals surface area (Å²) in [7, 11) is 1.29. The van der Waals surface area contributed by atoms with Crippen molar-refractivity contribution in [3.63, 3.8) is 0 Å². The van der Waals surface area contributed by atoms with Crippen LogP contribution in [0.5, 0.6) is 0 Å². The summed E-state index contributed by atoms with van der Waals surface area (Å²) >= 11 is 1.19. The van der Waals surface area contributed by atoms with E-state index >= 15 is 0 Å². The maximum absolute atomic E-state index is 11.9. The molecule has 0 saturated carbocycles. The molecule has 1 unspecified atom stereocenters. The molecule has 1 aromatic carbocycles. The van der Waals surface area contributed by atoms with Crippen LogP contribution in [0.15, 0.2) is 24.3 Å². The van der Waals surface area contributed by atoms with Crippen LogP contribution >= 0.6 is 11.8 Å². The highest BCUT2D eigenvalue weighted by atomic mass is 32.2. The Morgan fingerprint density at radius 3 is 2.42 bits per heavy atom. The molecule has 2 N–H and O–H groups in total. The number of anilines is 1. The number of hydrogen-bond donors (Lipinski definition) is 2. The van der Waals surface area contributed by atoms with Gasteiger partial charge in [-0.2, -0.15) is 0 Å². The molecule has 0 bridgehead atoms. The number of esters is 1. The fourth-order valence-corrected chi connectivity index (χ4v) is 2.62. The first-order chi connectivity index (χ1) is 11.3. The maximum atomic E-state index is 11.9. The highest BCUT2D eigenvalue weighted by Crippen LogP contribution is 2.11. The molecule has 1 atom stereocenters. The van der Waals surface area contributed by atoms with Crippen LogP contribution in [0.3, 0.4) is 0 Å². The van der Waals surface area contributed by atoms with E-state index in [0.717, 1.165) is 11.3 Å². The summed E-state index contributed by atoms with van der Waals surface area (Å²) in [6, 6.07) is 6.82. The lowest BCUT2D eigenvalue weighted by atomic mass is 10.1. The maximum Gasteiger partial charge on any atom is 0.328 e. The van der Waals surface area contributed by atoms with Gasteiger partial charge in [-0.3, -0.25) is 9.59 Å². The van der Waals surface area contributed by atoms with Crippen molar-refractivity contribution in [1.82, 2.24) is 5.32 Å². The molecule has 1 aromatic rings. The summed E-state index contributed by atoms with van der Waals surface area (Å²) in [6.45, 7) is 5.59. The second kappa shape index (κ2) is 9.97. The van der Waals surface area contributed by atoms with E-state index < -0.39 is 12.0 Å². The number of rotatable bonds is 8. The summed E-state index contributed by atoms with van der Waals surface area (Å²) in [5.74, 6) is -0.760. The second-order valence-corrected chi connectivity index (χ2v) is 6.71. The molecule has 0 aliphatic carbocycles. The zero-order chi connectivity index (χ0) is 18.1. The van der Waals surface area contributed by atoms with E-state index in [9.17, 15) is 14.4 Å². The average Bonchev–Trinajstić information content (AvgIpc) is 2.51. The van der Waals surface area contributed by atoms with E-state index in [1.165, 1.54) is 18.9 Å². The first-order valence-electron chi connectivity index (χ1n) is 7.65. The first kappa shape index (κ1) is 20.0. The number of thioether (sulfide) groups is 1. The molecule has 24 heavy (non-hydrogen) atoms. The van der Waals surface area contributed by atoms with Crippen LogP contribution < -0.4 is 10.6 Å². The number of aryl methyl sites for hydroxylation is 1. The second-order valence-electron chi connectivity index (χ2n) is 5.72. The molecule has 2 amide bonds. The predicted molar refractivity (Wildman–Crippen MR) is 95.9 cm³/mol. The molecular formula is C17H24N2O4S. The van der Waals surface area contributed by atoms with Crippen molar-refractivity contribution in [2.45, 2.75) is 26.8 Å². The standard InChI is InChI=1S/C17H24N2O4S/c1-11(2)16(17(22)23-4)19-15(21)10-24-9-14(20)18-13-7-5-6-12(3)8-13/h5-8,11,16H,9-10H2,1-4H3,(H,18,20)(H,19,21). The van der Waals surface area contributed by atoms with Gasteiger partial charge in [0.15, 0.2) is 0 Å². The van der Waals surface area contributed by atoms with Crippen molar-refractivity contribution in [2.24, 2.45) is 5.92 Å². The zero-order valence-electron chi connectivity index (χ0n) is 14.4. The van der Waals surface area contributed by atoms with Gasteiger partial charge >= 0.3 is 5.97 Å². The molecule has 0 aromatic heterocycles. The molecule has 6 nitrogen and oxygen atoms in total. The monoisotopic (exact) mass is 352 g/mol. The van der Waals surface area contributed by atoms with E-state index in [1.807, 2.05) is 45.0 Å². The molecule has 0 aliphatic rings. The summed E-state index contributed by atoms with van der Waals surface area (Å²) in [5.41, 5.74) is 1.79. The van der Waals surface area contributed by atoms with E-state index in [-0.39, 0.29) is 29.2 Å². The van der Waals surface area contributed by atoms with Gasteiger partial charge in [0.05, 0.1) is 18.6 Å². The van der Waals surface area contributed by atoms with E-state index in [1.54, 1.807) is 0 Å². The number of nitrogens with one attached hydrogen (secondary N) is 2. The van der Waals surface area contributed by atoms with Gasteiger partial charge in [0.2, 0.25) is 11.8 Å². The van der Waals surface area contributed by atoms with Gasteiger partial charge in [-0.05, 0) is 30.5 Å². The number of benzene rings is 1. The van der Waals surface area contributed by atoms with Crippen molar-refractivity contribution in [1.29, 1.82) is 0 Å². The molecule has 0 radical (unpaired) electrons. The number of methoxy groups -OCH3 is 1. The number of carbonyl (C=O) groups excluding carboxylic acids is 3. The quantitative estimate of drug-likeness (QED) is 0.699. The number of ether oxygens (including phenoxy) is 1. The molecule has 0 heterocycles. The van der Waals surface area contributed by atoms with Gasteiger partial charge in [-0.1, -0.05) is 26.0 Å². The van der Waals surface area contributed by atoms with E-state index in [0.29, 0.717) is 0 Å². The molecule has 132 valence electrons. The SMILES string of the molecule is COC(=O)C(NC(=O)CSCC(=O)Nc1cccc(C)c1)C(C)C. The molecule has 0 saturated heterocycles. The van der Waals surface area contributed by atoms with Crippen LogP contribution in [-0.4, -0.2) is 42.4 Å². The molecular weight excluding hydrogens is 328 g/mol. The summed E-state index contributed by atoms with van der Waals surface area (Å²) < 4.78 is 4.67. The minimum absolute atomic E-state index is 0.0731. The van der Waals surface area contributed by atoms with Crippen LogP contribution in [0.25, 0.3) is 0 Å². The Kier molecular flexibility index (Phi) is 8.32. The lowest BCUT2D eigenvalue weighted by Crippen LogP contribution is -2.45. The van der Waals surface area contributed by atoms with Crippen LogP contribution in [0, 0.1) is 12.8 Å². The highest BCUT2D eigenvalue weighted by molar-refractivity contribution is 8.00. The van der Waals surface area contributed by atoms with Crippen LogP contribution in [0.4, 0.5) is 5.69 Å². The summed E-state index contributed by atoms with van der Waals surface area (Å²) in [5, 5.41) is 5.41. The first-order valence-corrected chi connectivity index (χ1v) is 8.80. The third-order valence-corrected chi connectivity index (χ3v) is 4.14. The van der Waals surface area contributed by atoms with Crippen LogP contribution in [0.1, 0.15) is 19.4 Å². The van der Waals surface area contributed by atoms with Gasteiger partial charge < -0.3 is 15.4 Å². The molecule has 0 fully saturated rings. The summed E-state index contributed by atoms with van der Waals surface area (Å²) in [4.78, 5) is 35.3. The fraction of sp³-hybridized carbons (Fsp3) is 0.471. The summed E-state index contributed by atoms with van der Waals surface area (Å²) in [6.07, 6.45) is 0. The van der Waals surface area contributed by atoms with Crippen molar-refractivity contribution >= 4 is 35.2 Å². The van der Waals surface area contributed by atoms with E-state index in [4.69, 9.17) is 0 Å². The zero-order valence-corrected chi connectivity index (χ0v) is 15.2. The molecule has 1 rings (SSSR count). The lowest BCUT2D eigenvalue weighted by Gasteiger charge is -2.19. The third kappa shape index (κ3) is 7.04. The Balaban J connectivity index is 2.36. The molecule has 0 aliphatic heterocycles. The van der Waals surface area contributed by atoms with Crippen molar-refractivity contribution < 1.29 is 19.1 Å². The van der Waals surface area contributed by atoms with Crippen LogP contribution in [0.2, 0.25) is 0 Å². The molecule has 7 heteroatoms. The lowest BCUT2D eigenvalue weighted by molar-refractivity contribution is -0.146. The van der Waals surface area contributed by atoms with E-state index in [2.05, 4.69) is 15.4 Å². The Morgan fingerprint density at radius 1 is 1.17 bits per heavy atom. The Bertz CT molecular complexity index is 590. The van der Waals surface area contributed by atoms with Gasteiger partial charge in [-0.25, -0.2) is 4.79 Å². The van der Waals surface area contributed by atoms with Crippen LogP contribution in [-0.2, 0) is 19.1 Å². The Morgan fingerprint density at radius 2 is 1.83 bits per heavy atom. The minimum atomic E-state index is -0.677. The number of amides is 2. The van der Waals surface area contributed by atoms with Crippen molar-refractivity contribution in [3.05, 3.63) is 29.8 Å². The number of carbonyl (C=O) groups is 3. The topological polar surface area (TPSA) is 84.5 Å². The Labute approximate surface area is 146 Å². The largest absolute Gasteiger partial charge is 0.467 e. The minimum Gasteiger partial charge on any atom is -0.467 e. The fourth-order valence-electron chi connectivity index (χ4n) is 2.00. The predicted octanol–water partition coefficient (Wildman–Crippen LogP) is 1.98. The average molecular weight is 352 g/mol. The van der Waals surface area contributed by atoms with Gasteiger partial charge in [-0.15, -0.1) is 11.8 Å². The smallest absolute Gasteiger partial charge is 0.328 e. The van der Waals surface area contributed by atoms with Gasteiger partial charge in [0, 0.05) is 5.69 Å². The molecule has 0 spiro atoms. The number of hydrogen-bond acceptors (Lipinski definition) is 5. The Hall–Kier alpha value is -2.02.